The maximum absolute atomic E-state index is 12.0. The van der Waals surface area contributed by atoms with Crippen molar-refractivity contribution in [3.63, 3.8) is 0 Å². The lowest BCUT2D eigenvalue weighted by Crippen LogP contribution is -2.10. The van der Waals surface area contributed by atoms with Gasteiger partial charge < -0.3 is 0 Å². The van der Waals surface area contributed by atoms with Gasteiger partial charge in [0, 0.05) is 29.8 Å². The van der Waals surface area contributed by atoms with E-state index in [4.69, 9.17) is 0 Å². The van der Waals surface area contributed by atoms with Crippen LogP contribution in [0.15, 0.2) is 36.5 Å². The molecule has 0 aliphatic heterocycles. The lowest BCUT2D eigenvalue weighted by Gasteiger charge is -2.04. The second-order valence-corrected chi connectivity index (χ2v) is 6.44. The van der Waals surface area contributed by atoms with Gasteiger partial charge in [-0.2, -0.15) is 0 Å². The molecule has 18 heavy (non-hydrogen) atoms. The van der Waals surface area contributed by atoms with Crippen LogP contribution in [0.5, 0.6) is 0 Å². The summed E-state index contributed by atoms with van der Waals surface area (Å²) in [6, 6.07) is 9.00. The predicted molar refractivity (Wildman–Crippen MR) is 70.4 cm³/mol. The maximum Gasteiger partial charge on any atom is 0.166 e. The monoisotopic (exact) mass is 263 g/mol. The first-order valence-electron chi connectivity index (χ1n) is 5.52. The zero-order valence-electron chi connectivity index (χ0n) is 9.96. The molecule has 1 heterocycles. The average Bonchev–Trinajstić information content (AvgIpc) is 2.34. The second-order valence-electron chi connectivity index (χ2n) is 4.18. The van der Waals surface area contributed by atoms with Gasteiger partial charge in [0.15, 0.2) is 5.78 Å². The zero-order valence-corrected chi connectivity index (χ0v) is 10.8. The summed E-state index contributed by atoms with van der Waals surface area (Å²) in [7, 11) is -3.12. The molecule has 0 saturated heterocycles. The largest absolute Gasteiger partial charge is 0.294 e. The highest BCUT2D eigenvalue weighted by Gasteiger charge is 2.13. The number of Topliss-reactive ketones (excluding diaryl/α,β-unsaturated/α-hetero) is 1. The van der Waals surface area contributed by atoms with E-state index in [9.17, 15) is 13.2 Å². The molecule has 94 valence electrons. The molecule has 0 N–H and O–H groups in total. The number of fused-ring (bicyclic) bond motifs is 1. The number of sulfone groups is 1. The Bertz CT molecular complexity index is 687. The number of ketones is 1. The van der Waals surface area contributed by atoms with Crippen molar-refractivity contribution in [2.75, 3.05) is 12.0 Å². The molecule has 5 heteroatoms. The number of hydrogen-bond acceptors (Lipinski definition) is 4. The summed E-state index contributed by atoms with van der Waals surface area (Å²) in [6.07, 6.45) is 2.74. The molecule has 0 bridgehead atoms. The fourth-order valence-corrected chi connectivity index (χ4v) is 2.30. The summed E-state index contributed by atoms with van der Waals surface area (Å²) < 4.78 is 22.1. The molecule has 0 unspecified atom stereocenters. The first kappa shape index (κ1) is 12.7. The molecule has 4 nitrogen and oxygen atoms in total. The molecule has 0 saturated carbocycles. The summed E-state index contributed by atoms with van der Waals surface area (Å²) in [5.41, 5.74) is 1.11. The first-order valence-corrected chi connectivity index (χ1v) is 7.58. The Balaban J connectivity index is 2.34. The minimum atomic E-state index is -3.12. The van der Waals surface area contributed by atoms with Crippen LogP contribution in [0.3, 0.4) is 0 Å². The molecule has 1 aromatic heterocycles. The van der Waals surface area contributed by atoms with Crippen LogP contribution in [-0.2, 0) is 9.84 Å². The quantitative estimate of drug-likeness (QED) is 0.790. The number of aromatic nitrogens is 1. The van der Waals surface area contributed by atoms with Gasteiger partial charge in [-0.25, -0.2) is 8.42 Å². The second kappa shape index (κ2) is 4.86. The Morgan fingerprint density at radius 2 is 1.94 bits per heavy atom. The molecule has 2 aromatic rings. The Labute approximate surface area is 106 Å². The Kier molecular flexibility index (Phi) is 3.43. The third-order valence-corrected chi connectivity index (χ3v) is 3.58. The van der Waals surface area contributed by atoms with Crippen LogP contribution in [0.4, 0.5) is 0 Å². The molecule has 0 aliphatic carbocycles. The van der Waals surface area contributed by atoms with Crippen LogP contribution in [0, 0.1) is 0 Å². The number of benzene rings is 1. The van der Waals surface area contributed by atoms with Gasteiger partial charge >= 0.3 is 0 Å². The molecule has 0 spiro atoms. The number of hydrogen-bond donors (Lipinski definition) is 0. The third-order valence-electron chi connectivity index (χ3n) is 2.63. The Morgan fingerprint density at radius 1 is 1.22 bits per heavy atom. The van der Waals surface area contributed by atoms with Gasteiger partial charge in [0.25, 0.3) is 0 Å². The van der Waals surface area contributed by atoms with Crippen molar-refractivity contribution >= 4 is 26.5 Å². The predicted octanol–water partition coefficient (Wildman–Crippen LogP) is 1.85. The van der Waals surface area contributed by atoms with E-state index in [-0.39, 0.29) is 18.0 Å². The van der Waals surface area contributed by atoms with Crippen molar-refractivity contribution in [3.8, 4) is 0 Å². The highest BCUT2D eigenvalue weighted by Crippen LogP contribution is 2.17. The van der Waals surface area contributed by atoms with Crippen LogP contribution < -0.4 is 0 Å². The number of carbonyl (C=O) groups excluding carboxylic acids is 1. The van der Waals surface area contributed by atoms with Crippen LogP contribution >= 0.6 is 0 Å². The maximum atomic E-state index is 12.0. The minimum absolute atomic E-state index is 0.00544. The van der Waals surface area contributed by atoms with E-state index in [1.54, 1.807) is 24.4 Å². The van der Waals surface area contributed by atoms with Gasteiger partial charge in [0.05, 0.1) is 11.3 Å². The molecule has 2 rings (SSSR count). The molecule has 0 amide bonds. The van der Waals surface area contributed by atoms with Gasteiger partial charge in [-0.15, -0.1) is 0 Å². The van der Waals surface area contributed by atoms with E-state index >= 15 is 0 Å². The number of carbonyl (C=O) groups is 1. The van der Waals surface area contributed by atoms with Gasteiger partial charge in [0.2, 0.25) is 0 Å². The van der Waals surface area contributed by atoms with E-state index in [0.29, 0.717) is 11.1 Å². The average molecular weight is 263 g/mol. The molecule has 0 atom stereocenters. The van der Waals surface area contributed by atoms with Crippen LogP contribution in [0.2, 0.25) is 0 Å². The molecule has 0 fully saturated rings. The van der Waals surface area contributed by atoms with Crippen molar-refractivity contribution in [2.24, 2.45) is 0 Å². The number of para-hydroxylation sites is 1. The molecule has 0 radical (unpaired) electrons. The van der Waals surface area contributed by atoms with Crippen LogP contribution in [-0.4, -0.2) is 31.2 Å². The Morgan fingerprint density at radius 3 is 2.67 bits per heavy atom. The highest BCUT2D eigenvalue weighted by atomic mass is 32.2. The molecule has 0 aliphatic rings. The van der Waals surface area contributed by atoms with E-state index in [1.165, 1.54) is 0 Å². The fraction of sp³-hybridized carbons (Fsp3) is 0.231. The SMILES string of the molecule is CS(=O)(=O)CCC(=O)c1cccc2cccnc12. The van der Waals surface area contributed by atoms with Gasteiger partial charge in [0.1, 0.15) is 9.84 Å². The topological polar surface area (TPSA) is 64.1 Å². The summed E-state index contributed by atoms with van der Waals surface area (Å²) >= 11 is 0. The van der Waals surface area contributed by atoms with E-state index < -0.39 is 9.84 Å². The van der Waals surface area contributed by atoms with Crippen LogP contribution in [0.1, 0.15) is 16.8 Å². The van der Waals surface area contributed by atoms with Crippen molar-refractivity contribution in [2.45, 2.75) is 6.42 Å². The van der Waals surface area contributed by atoms with E-state index in [2.05, 4.69) is 4.98 Å². The van der Waals surface area contributed by atoms with Gasteiger partial charge in [-0.05, 0) is 12.1 Å². The number of nitrogens with zero attached hydrogens (tertiary/aromatic N) is 1. The third kappa shape index (κ3) is 2.92. The van der Waals surface area contributed by atoms with Gasteiger partial charge in [-0.1, -0.05) is 18.2 Å². The number of pyridine rings is 1. The summed E-state index contributed by atoms with van der Waals surface area (Å²) in [5.74, 6) is -0.320. The lowest BCUT2D eigenvalue weighted by molar-refractivity contribution is 0.0990. The summed E-state index contributed by atoms with van der Waals surface area (Å²) in [6.45, 7) is 0. The van der Waals surface area contributed by atoms with Crippen molar-refractivity contribution < 1.29 is 13.2 Å². The Hall–Kier alpha value is -1.75. The lowest BCUT2D eigenvalue weighted by atomic mass is 10.0. The first-order chi connectivity index (χ1) is 8.47. The van der Waals surface area contributed by atoms with Crippen molar-refractivity contribution in [1.82, 2.24) is 4.98 Å². The molecule has 1 aromatic carbocycles. The molecular formula is C13H13NO3S. The minimum Gasteiger partial charge on any atom is -0.294 e. The fourth-order valence-electron chi connectivity index (χ4n) is 1.74. The normalized spacial score (nSPS) is 11.6. The zero-order chi connectivity index (χ0) is 13.2. The van der Waals surface area contributed by atoms with Gasteiger partial charge in [-0.3, -0.25) is 9.78 Å². The summed E-state index contributed by atoms with van der Waals surface area (Å²) in [5, 5.41) is 0.878. The van der Waals surface area contributed by atoms with Crippen molar-refractivity contribution in [1.29, 1.82) is 0 Å². The molecular weight excluding hydrogens is 250 g/mol. The summed E-state index contributed by atoms with van der Waals surface area (Å²) in [4.78, 5) is 16.2. The van der Waals surface area contributed by atoms with E-state index in [0.717, 1.165) is 11.6 Å². The number of rotatable bonds is 4. The standard InChI is InChI=1S/C13H13NO3S/c1-18(16,17)9-7-12(15)11-6-2-4-10-5-3-8-14-13(10)11/h2-6,8H,7,9H2,1H3. The van der Waals surface area contributed by atoms with E-state index in [1.807, 2.05) is 12.1 Å². The smallest absolute Gasteiger partial charge is 0.166 e. The van der Waals surface area contributed by atoms with Crippen molar-refractivity contribution in [3.05, 3.63) is 42.1 Å². The highest BCUT2D eigenvalue weighted by molar-refractivity contribution is 7.90. The van der Waals surface area contributed by atoms with Crippen LogP contribution in [0.25, 0.3) is 10.9 Å².